The number of piperazine rings is 1. The maximum absolute atomic E-state index is 14.3. The van der Waals surface area contributed by atoms with Crippen molar-refractivity contribution in [2.75, 3.05) is 25.0 Å². The van der Waals surface area contributed by atoms with E-state index in [0.29, 0.717) is 17.5 Å². The minimum absolute atomic E-state index is 0.0786. The van der Waals surface area contributed by atoms with Crippen molar-refractivity contribution >= 4 is 27.6 Å². The van der Waals surface area contributed by atoms with Gasteiger partial charge in [0.05, 0.1) is 11.9 Å². The molecule has 42 heavy (non-hydrogen) atoms. The third-order valence-corrected chi connectivity index (χ3v) is 9.19. The molecule has 1 amide bonds. The third-order valence-electron chi connectivity index (χ3n) is 7.37. The normalized spacial score (nSPS) is 22.5. The van der Waals surface area contributed by atoms with Crippen molar-refractivity contribution in [1.82, 2.24) is 29.5 Å². The summed E-state index contributed by atoms with van der Waals surface area (Å²) in [6.45, 7) is 0.506. The van der Waals surface area contributed by atoms with Crippen molar-refractivity contribution in [3.63, 3.8) is 0 Å². The Kier molecular flexibility index (Phi) is 8.44. The third kappa shape index (κ3) is 7.02. The molecule has 0 aliphatic carbocycles. The van der Waals surface area contributed by atoms with Crippen LogP contribution in [0.1, 0.15) is 35.7 Å². The summed E-state index contributed by atoms with van der Waals surface area (Å²) in [5.74, 6) is -0.351. The van der Waals surface area contributed by atoms with Crippen LogP contribution in [0.4, 0.5) is 29.2 Å². The fourth-order valence-corrected chi connectivity index (χ4v) is 6.87. The van der Waals surface area contributed by atoms with Gasteiger partial charge in [0, 0.05) is 38.4 Å². The standard InChI is InChI=1S/C27H29F4N7O3S/c1-17-32-9-7-23(34-17)35-24-12-19(6-8-33-24)20-13-25(36-26(39)14-20)38-11-10-37(15-22(38)27(29,30)31)42(40,41)16-18-2-4-21(28)5-3-18/h2-9,12,20,22,25H,10-11,13-16H2,1H3,(H,36,39)(H,32,33,34,35). The van der Waals surface area contributed by atoms with Crippen LogP contribution in [-0.2, 0) is 20.6 Å². The summed E-state index contributed by atoms with van der Waals surface area (Å²) in [6, 6.07) is 7.77. The summed E-state index contributed by atoms with van der Waals surface area (Å²) in [7, 11) is -4.12. The molecule has 4 heterocycles. The number of nitrogens with one attached hydrogen (secondary N) is 2. The molecule has 3 aromatic rings. The Hall–Kier alpha value is -3.69. The molecule has 2 aliphatic rings. The van der Waals surface area contributed by atoms with Gasteiger partial charge in [0.1, 0.15) is 29.3 Å². The van der Waals surface area contributed by atoms with Crippen LogP contribution in [0.3, 0.4) is 0 Å². The Morgan fingerprint density at radius 2 is 1.79 bits per heavy atom. The second-order valence-corrected chi connectivity index (χ2v) is 12.3. The van der Waals surface area contributed by atoms with Crippen LogP contribution in [-0.4, -0.2) is 76.5 Å². The molecule has 224 valence electrons. The first-order valence-electron chi connectivity index (χ1n) is 13.2. The number of anilines is 2. The summed E-state index contributed by atoms with van der Waals surface area (Å²) < 4.78 is 83.1. The van der Waals surface area contributed by atoms with Crippen LogP contribution in [0.25, 0.3) is 0 Å². The van der Waals surface area contributed by atoms with E-state index in [1.807, 2.05) is 0 Å². The number of carbonyl (C=O) groups excluding carboxylic acids is 1. The second kappa shape index (κ2) is 11.9. The molecule has 2 N–H and O–H groups in total. The number of alkyl halides is 3. The van der Waals surface area contributed by atoms with Gasteiger partial charge < -0.3 is 10.6 Å². The molecule has 0 radical (unpaired) electrons. The van der Waals surface area contributed by atoms with E-state index in [1.165, 1.54) is 12.1 Å². The molecule has 2 saturated heterocycles. The number of piperidine rings is 1. The van der Waals surface area contributed by atoms with Crippen molar-refractivity contribution in [3.05, 3.63) is 77.6 Å². The number of rotatable bonds is 7. The van der Waals surface area contributed by atoms with Crippen LogP contribution in [0.15, 0.2) is 54.9 Å². The predicted molar refractivity (Wildman–Crippen MR) is 145 cm³/mol. The Bertz CT molecular complexity index is 1540. The van der Waals surface area contributed by atoms with Gasteiger partial charge in [-0.05, 0) is 60.7 Å². The van der Waals surface area contributed by atoms with E-state index >= 15 is 0 Å². The first-order valence-corrected chi connectivity index (χ1v) is 14.8. The maximum Gasteiger partial charge on any atom is 0.405 e. The first kappa shape index (κ1) is 29.8. The topological polar surface area (TPSA) is 120 Å². The molecule has 10 nitrogen and oxygen atoms in total. The highest BCUT2D eigenvalue weighted by molar-refractivity contribution is 7.88. The molecule has 5 rings (SSSR count). The van der Waals surface area contributed by atoms with E-state index in [9.17, 15) is 30.8 Å². The van der Waals surface area contributed by atoms with Gasteiger partial charge in [0.25, 0.3) is 0 Å². The van der Waals surface area contributed by atoms with Crippen LogP contribution in [0, 0.1) is 12.7 Å². The predicted octanol–water partition coefficient (Wildman–Crippen LogP) is 3.46. The lowest BCUT2D eigenvalue weighted by Crippen LogP contribution is -2.66. The minimum atomic E-state index is -4.76. The summed E-state index contributed by atoms with van der Waals surface area (Å²) in [5.41, 5.74) is 0.994. The quantitative estimate of drug-likeness (QED) is 0.392. The van der Waals surface area contributed by atoms with Gasteiger partial charge in [0.15, 0.2) is 0 Å². The van der Waals surface area contributed by atoms with E-state index in [4.69, 9.17) is 0 Å². The molecule has 0 spiro atoms. The van der Waals surface area contributed by atoms with Gasteiger partial charge >= 0.3 is 6.18 Å². The number of nitrogens with zero attached hydrogens (tertiary/aromatic N) is 5. The highest BCUT2D eigenvalue weighted by Gasteiger charge is 2.51. The highest BCUT2D eigenvalue weighted by Crippen LogP contribution is 2.36. The molecule has 0 bridgehead atoms. The van der Waals surface area contributed by atoms with Gasteiger partial charge in [-0.15, -0.1) is 0 Å². The van der Waals surface area contributed by atoms with E-state index in [-0.39, 0.29) is 31.5 Å². The average molecular weight is 608 g/mol. The van der Waals surface area contributed by atoms with Gasteiger partial charge in [-0.1, -0.05) is 12.1 Å². The number of sulfonamides is 1. The lowest BCUT2D eigenvalue weighted by Gasteiger charge is -2.47. The van der Waals surface area contributed by atoms with E-state index in [1.54, 1.807) is 37.5 Å². The summed E-state index contributed by atoms with van der Waals surface area (Å²) >= 11 is 0. The number of pyridine rings is 1. The van der Waals surface area contributed by atoms with Crippen molar-refractivity contribution in [2.24, 2.45) is 0 Å². The van der Waals surface area contributed by atoms with Gasteiger partial charge in [-0.25, -0.2) is 27.8 Å². The number of amides is 1. The molecule has 3 atom stereocenters. The van der Waals surface area contributed by atoms with Crippen LogP contribution in [0.5, 0.6) is 0 Å². The molecule has 15 heteroatoms. The number of halogens is 4. The summed E-state index contributed by atoms with van der Waals surface area (Å²) in [4.78, 5) is 26.5. The smallest absolute Gasteiger partial charge is 0.341 e. The van der Waals surface area contributed by atoms with Crippen molar-refractivity contribution in [1.29, 1.82) is 0 Å². The zero-order valence-electron chi connectivity index (χ0n) is 22.6. The average Bonchev–Trinajstić information content (AvgIpc) is 2.93. The molecular formula is C27H29F4N7O3S. The summed E-state index contributed by atoms with van der Waals surface area (Å²) in [5, 5.41) is 5.76. The minimum Gasteiger partial charge on any atom is -0.341 e. The maximum atomic E-state index is 14.3. The zero-order chi connectivity index (χ0) is 30.1. The number of aryl methyl sites for hydroxylation is 1. The first-order chi connectivity index (χ1) is 19.9. The lowest BCUT2D eigenvalue weighted by molar-refractivity contribution is -0.202. The Balaban J connectivity index is 1.32. The largest absolute Gasteiger partial charge is 0.405 e. The second-order valence-electron chi connectivity index (χ2n) is 10.3. The highest BCUT2D eigenvalue weighted by atomic mass is 32.2. The van der Waals surface area contributed by atoms with Crippen molar-refractivity contribution in [2.45, 2.75) is 49.8 Å². The van der Waals surface area contributed by atoms with Crippen LogP contribution < -0.4 is 10.6 Å². The molecule has 0 saturated carbocycles. The molecule has 2 aliphatic heterocycles. The molecule has 2 aromatic heterocycles. The van der Waals surface area contributed by atoms with Gasteiger partial charge in [0.2, 0.25) is 15.9 Å². The van der Waals surface area contributed by atoms with E-state index in [0.717, 1.165) is 26.9 Å². The van der Waals surface area contributed by atoms with Gasteiger partial charge in [-0.3, -0.25) is 9.69 Å². The number of hydrogen-bond donors (Lipinski definition) is 2. The Morgan fingerprint density at radius 1 is 1.05 bits per heavy atom. The molecule has 1 aromatic carbocycles. The summed E-state index contributed by atoms with van der Waals surface area (Å²) in [6.07, 6.45) is -2.30. The Labute approximate surface area is 240 Å². The molecule has 2 fully saturated rings. The monoisotopic (exact) mass is 607 g/mol. The SMILES string of the molecule is Cc1nccc(Nc2cc(C3CC(=O)NC(N4CCN(S(=O)(=O)Cc5ccc(F)cc5)CC4C(F)(F)F)C3)ccn2)n1. The fraction of sp³-hybridized carbons (Fsp3) is 0.407. The van der Waals surface area contributed by atoms with Crippen molar-refractivity contribution < 1.29 is 30.8 Å². The van der Waals surface area contributed by atoms with Crippen LogP contribution >= 0.6 is 0 Å². The zero-order valence-corrected chi connectivity index (χ0v) is 23.4. The van der Waals surface area contributed by atoms with Crippen molar-refractivity contribution in [3.8, 4) is 0 Å². The molecular weight excluding hydrogens is 578 g/mol. The van der Waals surface area contributed by atoms with E-state index in [2.05, 4.69) is 25.6 Å². The number of aromatic nitrogens is 3. The Morgan fingerprint density at radius 3 is 2.50 bits per heavy atom. The number of hydrogen-bond acceptors (Lipinski definition) is 8. The fourth-order valence-electron chi connectivity index (χ4n) is 5.35. The van der Waals surface area contributed by atoms with Gasteiger partial charge in [-0.2, -0.15) is 17.5 Å². The number of carbonyl (C=O) groups is 1. The van der Waals surface area contributed by atoms with Crippen LogP contribution in [0.2, 0.25) is 0 Å². The number of benzene rings is 1. The lowest BCUT2D eigenvalue weighted by atomic mass is 9.87. The van der Waals surface area contributed by atoms with E-state index < -0.39 is 58.3 Å². The molecule has 3 unspecified atom stereocenters.